The molecule has 8 heteroatoms. The van der Waals surface area contributed by atoms with Crippen molar-refractivity contribution in [2.75, 3.05) is 12.8 Å². The Bertz CT molecular complexity index is 899. The largest absolute Gasteiger partial charge is 0.467 e. The van der Waals surface area contributed by atoms with E-state index in [0.717, 1.165) is 36.0 Å². The molecule has 3 aromatic rings. The standard InChI is InChI=1S/C21H26N4O2S2/c1-24(14-17-9-5-11-27-17)20(26)15-29-21-23-22-19(13-18-10-6-12-28-18)25(21)16-7-3-2-4-8-16/h5-6,9-12,16H,2-4,7-8,13-15H2,1H3. The van der Waals surface area contributed by atoms with Gasteiger partial charge in [-0.2, -0.15) is 0 Å². The summed E-state index contributed by atoms with van der Waals surface area (Å²) in [6.07, 6.45) is 8.55. The van der Waals surface area contributed by atoms with Crippen LogP contribution in [0.3, 0.4) is 0 Å². The average Bonchev–Trinajstić information content (AvgIpc) is 3.50. The van der Waals surface area contributed by atoms with Crippen LogP contribution in [-0.2, 0) is 17.8 Å². The van der Waals surface area contributed by atoms with Gasteiger partial charge in [0.25, 0.3) is 0 Å². The maximum absolute atomic E-state index is 12.6. The number of furan rings is 1. The van der Waals surface area contributed by atoms with Crippen LogP contribution in [0.5, 0.6) is 0 Å². The Hall–Kier alpha value is -2.06. The van der Waals surface area contributed by atoms with Crippen molar-refractivity contribution in [1.29, 1.82) is 0 Å². The summed E-state index contributed by atoms with van der Waals surface area (Å²) in [4.78, 5) is 15.6. The molecule has 1 fully saturated rings. The molecule has 1 amide bonds. The van der Waals surface area contributed by atoms with Gasteiger partial charge in [0.1, 0.15) is 11.6 Å². The fraction of sp³-hybridized carbons (Fsp3) is 0.476. The van der Waals surface area contributed by atoms with Crippen molar-refractivity contribution in [1.82, 2.24) is 19.7 Å². The Kier molecular flexibility index (Phi) is 6.71. The number of hydrogen-bond donors (Lipinski definition) is 0. The van der Waals surface area contributed by atoms with E-state index in [9.17, 15) is 4.79 Å². The molecule has 0 radical (unpaired) electrons. The zero-order chi connectivity index (χ0) is 20.1. The first kappa shape index (κ1) is 20.2. The lowest BCUT2D eigenvalue weighted by molar-refractivity contribution is -0.127. The summed E-state index contributed by atoms with van der Waals surface area (Å²) in [7, 11) is 1.81. The number of amides is 1. The quantitative estimate of drug-likeness (QED) is 0.481. The molecule has 3 aromatic heterocycles. The van der Waals surface area contributed by atoms with E-state index in [4.69, 9.17) is 4.42 Å². The molecule has 0 atom stereocenters. The molecule has 1 saturated carbocycles. The monoisotopic (exact) mass is 430 g/mol. The van der Waals surface area contributed by atoms with Crippen molar-refractivity contribution < 1.29 is 9.21 Å². The molecule has 0 aliphatic heterocycles. The predicted octanol–water partition coefficient (Wildman–Crippen LogP) is 4.78. The molecule has 6 nitrogen and oxygen atoms in total. The minimum Gasteiger partial charge on any atom is -0.467 e. The van der Waals surface area contributed by atoms with E-state index in [-0.39, 0.29) is 5.91 Å². The van der Waals surface area contributed by atoms with Gasteiger partial charge in [0, 0.05) is 24.4 Å². The zero-order valence-electron chi connectivity index (χ0n) is 16.6. The highest BCUT2D eigenvalue weighted by Crippen LogP contribution is 2.33. The van der Waals surface area contributed by atoms with E-state index in [1.807, 2.05) is 12.1 Å². The number of thiophene rings is 1. The summed E-state index contributed by atoms with van der Waals surface area (Å²) in [5.41, 5.74) is 0. The van der Waals surface area contributed by atoms with Gasteiger partial charge in [0.2, 0.25) is 5.91 Å². The molecule has 0 saturated heterocycles. The van der Waals surface area contributed by atoms with Crippen LogP contribution in [0.1, 0.15) is 54.6 Å². The van der Waals surface area contributed by atoms with Gasteiger partial charge < -0.3 is 13.9 Å². The van der Waals surface area contributed by atoms with Crippen LogP contribution in [0, 0.1) is 0 Å². The third kappa shape index (κ3) is 5.11. The molecule has 29 heavy (non-hydrogen) atoms. The molecule has 0 N–H and O–H groups in total. The fourth-order valence-corrected chi connectivity index (χ4v) is 5.43. The minimum absolute atomic E-state index is 0.0596. The van der Waals surface area contributed by atoms with Crippen molar-refractivity contribution in [2.45, 2.75) is 56.3 Å². The van der Waals surface area contributed by atoms with Crippen LogP contribution < -0.4 is 0 Å². The van der Waals surface area contributed by atoms with Gasteiger partial charge in [-0.15, -0.1) is 21.5 Å². The minimum atomic E-state index is 0.0596. The average molecular weight is 431 g/mol. The summed E-state index contributed by atoms with van der Waals surface area (Å²) < 4.78 is 7.65. The number of aromatic nitrogens is 3. The molecule has 4 rings (SSSR count). The number of thioether (sulfide) groups is 1. The first-order valence-electron chi connectivity index (χ1n) is 10.1. The molecule has 0 bridgehead atoms. The molecule has 0 unspecified atom stereocenters. The predicted molar refractivity (Wildman–Crippen MR) is 115 cm³/mol. The molecule has 154 valence electrons. The molecular weight excluding hydrogens is 404 g/mol. The van der Waals surface area contributed by atoms with Gasteiger partial charge >= 0.3 is 0 Å². The number of hydrogen-bond acceptors (Lipinski definition) is 6. The third-order valence-electron chi connectivity index (χ3n) is 5.31. The van der Waals surface area contributed by atoms with Gasteiger partial charge in [-0.1, -0.05) is 37.1 Å². The third-order valence-corrected chi connectivity index (χ3v) is 7.12. The second kappa shape index (κ2) is 9.63. The van der Waals surface area contributed by atoms with E-state index < -0.39 is 0 Å². The van der Waals surface area contributed by atoms with Crippen LogP contribution in [0.4, 0.5) is 0 Å². The summed E-state index contributed by atoms with van der Waals surface area (Å²) in [6.45, 7) is 0.478. The van der Waals surface area contributed by atoms with E-state index >= 15 is 0 Å². The van der Waals surface area contributed by atoms with Crippen LogP contribution in [0.25, 0.3) is 0 Å². The van der Waals surface area contributed by atoms with E-state index in [2.05, 4.69) is 32.3 Å². The number of nitrogens with zero attached hydrogens (tertiary/aromatic N) is 4. The first-order valence-corrected chi connectivity index (χ1v) is 11.9. The summed E-state index contributed by atoms with van der Waals surface area (Å²) in [6, 6.07) is 8.37. The van der Waals surface area contributed by atoms with Gasteiger partial charge in [-0.3, -0.25) is 4.79 Å². The van der Waals surface area contributed by atoms with Gasteiger partial charge in [-0.25, -0.2) is 0 Å². The van der Waals surface area contributed by atoms with Crippen molar-refractivity contribution in [3.63, 3.8) is 0 Å². The summed E-state index contributed by atoms with van der Waals surface area (Å²) in [5, 5.41) is 11.9. The fourth-order valence-electron chi connectivity index (χ4n) is 3.76. The van der Waals surface area contributed by atoms with Crippen molar-refractivity contribution in [3.8, 4) is 0 Å². The highest BCUT2D eigenvalue weighted by molar-refractivity contribution is 7.99. The Morgan fingerprint density at radius 2 is 2.14 bits per heavy atom. The Morgan fingerprint density at radius 1 is 1.28 bits per heavy atom. The molecule has 1 aliphatic carbocycles. The number of rotatable bonds is 8. The molecular formula is C21H26N4O2S2. The zero-order valence-corrected chi connectivity index (χ0v) is 18.3. The number of carbonyl (C=O) groups is 1. The lowest BCUT2D eigenvalue weighted by Crippen LogP contribution is -2.27. The first-order chi connectivity index (χ1) is 14.2. The highest BCUT2D eigenvalue weighted by Gasteiger charge is 2.24. The molecule has 1 aliphatic rings. The second-order valence-corrected chi connectivity index (χ2v) is 9.41. The van der Waals surface area contributed by atoms with Crippen LogP contribution in [-0.4, -0.2) is 38.4 Å². The van der Waals surface area contributed by atoms with Gasteiger partial charge in [0.15, 0.2) is 5.16 Å². The lowest BCUT2D eigenvalue weighted by atomic mass is 9.95. The molecule has 0 spiro atoms. The molecule has 3 heterocycles. The van der Waals surface area contributed by atoms with Crippen molar-refractivity contribution in [3.05, 3.63) is 52.4 Å². The highest BCUT2D eigenvalue weighted by atomic mass is 32.2. The topological polar surface area (TPSA) is 64.2 Å². The van der Waals surface area contributed by atoms with Crippen molar-refractivity contribution in [2.24, 2.45) is 0 Å². The van der Waals surface area contributed by atoms with Gasteiger partial charge in [0.05, 0.1) is 18.6 Å². The van der Waals surface area contributed by atoms with Crippen LogP contribution in [0.2, 0.25) is 0 Å². The maximum Gasteiger partial charge on any atom is 0.233 e. The normalized spacial score (nSPS) is 14.9. The number of carbonyl (C=O) groups excluding carboxylic acids is 1. The second-order valence-electron chi connectivity index (χ2n) is 7.43. The smallest absolute Gasteiger partial charge is 0.233 e. The summed E-state index contributed by atoms with van der Waals surface area (Å²) in [5.74, 6) is 2.21. The summed E-state index contributed by atoms with van der Waals surface area (Å²) >= 11 is 3.24. The Morgan fingerprint density at radius 3 is 2.86 bits per heavy atom. The maximum atomic E-state index is 12.6. The van der Waals surface area contributed by atoms with Gasteiger partial charge in [-0.05, 0) is 36.4 Å². The van der Waals surface area contributed by atoms with E-state index in [1.165, 1.54) is 35.9 Å². The molecule has 0 aromatic carbocycles. The Labute approximate surface area is 179 Å². The van der Waals surface area contributed by atoms with E-state index in [0.29, 0.717) is 18.3 Å². The van der Waals surface area contributed by atoms with E-state index in [1.54, 1.807) is 29.5 Å². The van der Waals surface area contributed by atoms with Crippen molar-refractivity contribution >= 4 is 29.0 Å². The van der Waals surface area contributed by atoms with Crippen LogP contribution in [0.15, 0.2) is 45.5 Å². The SMILES string of the molecule is CN(Cc1ccco1)C(=O)CSc1nnc(Cc2cccs2)n1C1CCCCC1. The Balaban J connectivity index is 1.45. The lowest BCUT2D eigenvalue weighted by Gasteiger charge is -2.25. The van der Waals surface area contributed by atoms with Crippen LogP contribution >= 0.6 is 23.1 Å².